The van der Waals surface area contributed by atoms with Crippen molar-refractivity contribution in [1.29, 1.82) is 0 Å². The normalized spacial score (nSPS) is 23.4. The summed E-state index contributed by atoms with van der Waals surface area (Å²) in [6.07, 6.45) is 7.94. The maximum Gasteiger partial charge on any atom is 0.191 e. The van der Waals surface area contributed by atoms with Crippen molar-refractivity contribution >= 4 is 20.1 Å². The van der Waals surface area contributed by atoms with Gasteiger partial charge in [-0.3, -0.25) is 0 Å². The molecule has 0 N–H and O–H groups in total. The average Bonchev–Trinajstić information content (AvgIpc) is 2.50. The molecular formula is C14H20OSSi. The smallest absolute Gasteiger partial charge is 0.191 e. The minimum absolute atomic E-state index is 0.256. The minimum atomic E-state index is -1.50. The molecule has 1 aromatic rings. The van der Waals surface area contributed by atoms with Crippen LogP contribution in [0.25, 0.3) is 0 Å². The fourth-order valence-electron chi connectivity index (χ4n) is 2.09. The Balaban J connectivity index is 2.17. The molecule has 0 amide bonds. The third-order valence-corrected chi connectivity index (χ3v) is 5.96. The third-order valence-electron chi connectivity index (χ3n) is 3.08. The summed E-state index contributed by atoms with van der Waals surface area (Å²) in [7, 11) is -1.50. The molecule has 1 nitrogen and oxygen atoms in total. The molecule has 0 spiro atoms. The second-order valence-corrected chi connectivity index (χ2v) is 10.1. The molecule has 0 fully saturated rings. The molecule has 2 rings (SSSR count). The summed E-state index contributed by atoms with van der Waals surface area (Å²) in [4.78, 5) is 1.31. The lowest BCUT2D eigenvalue weighted by Gasteiger charge is -2.26. The van der Waals surface area contributed by atoms with Crippen molar-refractivity contribution in [3.63, 3.8) is 0 Å². The van der Waals surface area contributed by atoms with Crippen LogP contribution in [0.5, 0.6) is 0 Å². The Bertz CT molecular complexity index is 397. The van der Waals surface area contributed by atoms with Crippen molar-refractivity contribution in [2.75, 3.05) is 6.26 Å². The van der Waals surface area contributed by atoms with Gasteiger partial charge in [-0.15, -0.1) is 11.8 Å². The number of hydrogen-bond acceptors (Lipinski definition) is 2. The number of hydrogen-bond donors (Lipinski definition) is 0. The predicted molar refractivity (Wildman–Crippen MR) is 78.1 cm³/mol. The SMILES string of the molecule is CSc1ccc(C2CC=CC[Si](C)(C)O2)cc1. The molecule has 0 saturated carbocycles. The van der Waals surface area contributed by atoms with Gasteiger partial charge in [-0.1, -0.05) is 24.3 Å². The second-order valence-electron chi connectivity index (χ2n) is 5.05. The fourth-order valence-corrected chi connectivity index (χ4v) is 4.33. The summed E-state index contributed by atoms with van der Waals surface area (Å²) in [5.41, 5.74) is 1.31. The van der Waals surface area contributed by atoms with Crippen molar-refractivity contribution in [2.45, 2.75) is 36.6 Å². The summed E-state index contributed by atoms with van der Waals surface area (Å²) in [6.45, 7) is 4.60. The zero-order chi connectivity index (χ0) is 12.3. The van der Waals surface area contributed by atoms with Crippen molar-refractivity contribution < 1.29 is 4.43 Å². The van der Waals surface area contributed by atoms with Crippen molar-refractivity contribution in [1.82, 2.24) is 0 Å². The monoisotopic (exact) mass is 264 g/mol. The zero-order valence-electron chi connectivity index (χ0n) is 10.8. The van der Waals surface area contributed by atoms with Gasteiger partial charge in [-0.25, -0.2) is 0 Å². The number of allylic oxidation sites excluding steroid dienone is 1. The van der Waals surface area contributed by atoms with Crippen LogP contribution < -0.4 is 0 Å². The summed E-state index contributed by atoms with van der Waals surface area (Å²) >= 11 is 1.78. The molecule has 17 heavy (non-hydrogen) atoms. The topological polar surface area (TPSA) is 9.23 Å². The van der Waals surface area contributed by atoms with Crippen LogP contribution >= 0.6 is 11.8 Å². The van der Waals surface area contributed by atoms with Gasteiger partial charge in [-0.05, 0) is 49.5 Å². The van der Waals surface area contributed by atoms with E-state index in [0.717, 1.165) is 12.5 Å². The average molecular weight is 264 g/mol. The van der Waals surface area contributed by atoms with E-state index in [1.54, 1.807) is 11.8 Å². The predicted octanol–water partition coefficient (Wildman–Crippen LogP) is 4.63. The molecular weight excluding hydrogens is 244 g/mol. The van der Waals surface area contributed by atoms with Crippen LogP contribution in [0.3, 0.4) is 0 Å². The van der Waals surface area contributed by atoms with Gasteiger partial charge in [0.1, 0.15) is 0 Å². The first-order valence-electron chi connectivity index (χ1n) is 6.07. The first-order chi connectivity index (χ1) is 8.11. The maximum atomic E-state index is 6.33. The van der Waals surface area contributed by atoms with Crippen molar-refractivity contribution in [3.05, 3.63) is 42.0 Å². The summed E-state index contributed by atoms with van der Waals surface area (Å²) in [6, 6.07) is 9.92. The van der Waals surface area contributed by atoms with Crippen LogP contribution in [0.15, 0.2) is 41.3 Å². The van der Waals surface area contributed by atoms with Crippen LogP contribution in [-0.4, -0.2) is 14.6 Å². The quantitative estimate of drug-likeness (QED) is 0.437. The number of thioether (sulfide) groups is 1. The Morgan fingerprint density at radius 1 is 1.18 bits per heavy atom. The molecule has 0 aliphatic carbocycles. The van der Waals surface area contributed by atoms with E-state index < -0.39 is 8.32 Å². The van der Waals surface area contributed by atoms with E-state index in [9.17, 15) is 0 Å². The Morgan fingerprint density at radius 2 is 1.88 bits per heavy atom. The van der Waals surface area contributed by atoms with Gasteiger partial charge in [0.05, 0.1) is 6.10 Å². The molecule has 3 heteroatoms. The van der Waals surface area contributed by atoms with E-state index in [1.165, 1.54) is 10.5 Å². The number of rotatable bonds is 2. The largest absolute Gasteiger partial charge is 0.410 e. The van der Waals surface area contributed by atoms with Gasteiger partial charge in [-0.2, -0.15) is 0 Å². The van der Waals surface area contributed by atoms with Crippen molar-refractivity contribution in [3.8, 4) is 0 Å². The molecule has 0 radical (unpaired) electrons. The lowest BCUT2D eigenvalue weighted by Crippen LogP contribution is -2.30. The highest BCUT2D eigenvalue weighted by molar-refractivity contribution is 7.98. The molecule has 1 unspecified atom stereocenters. The minimum Gasteiger partial charge on any atom is -0.410 e. The molecule has 1 atom stereocenters. The van der Waals surface area contributed by atoms with Crippen LogP contribution in [0.2, 0.25) is 19.1 Å². The highest BCUT2D eigenvalue weighted by Crippen LogP contribution is 2.31. The molecule has 0 saturated heterocycles. The molecule has 0 aromatic heterocycles. The van der Waals surface area contributed by atoms with E-state index in [2.05, 4.69) is 55.8 Å². The summed E-state index contributed by atoms with van der Waals surface area (Å²) in [5.74, 6) is 0. The van der Waals surface area contributed by atoms with Gasteiger partial charge < -0.3 is 4.43 Å². The standard InChI is InChI=1S/C14H20OSSi/c1-16-13-9-7-12(8-10-13)14-6-4-5-11-17(2,3)15-14/h4-5,7-10,14H,6,11H2,1-3H3. The molecule has 1 aliphatic rings. The van der Waals surface area contributed by atoms with Gasteiger partial charge in [0, 0.05) is 4.90 Å². The van der Waals surface area contributed by atoms with Gasteiger partial charge in [0.15, 0.2) is 8.32 Å². The lowest BCUT2D eigenvalue weighted by molar-refractivity contribution is 0.202. The van der Waals surface area contributed by atoms with Gasteiger partial charge in [0.25, 0.3) is 0 Å². The molecule has 1 heterocycles. The van der Waals surface area contributed by atoms with E-state index in [1.807, 2.05) is 0 Å². The van der Waals surface area contributed by atoms with E-state index in [0.29, 0.717) is 0 Å². The molecule has 1 aromatic carbocycles. The van der Waals surface area contributed by atoms with E-state index in [-0.39, 0.29) is 6.10 Å². The summed E-state index contributed by atoms with van der Waals surface area (Å²) in [5, 5.41) is 0. The Morgan fingerprint density at radius 3 is 2.53 bits per heavy atom. The van der Waals surface area contributed by atoms with Crippen LogP contribution in [0.4, 0.5) is 0 Å². The third kappa shape index (κ3) is 3.47. The molecule has 92 valence electrons. The Kier molecular flexibility index (Phi) is 4.12. The van der Waals surface area contributed by atoms with Crippen LogP contribution in [0.1, 0.15) is 18.1 Å². The van der Waals surface area contributed by atoms with E-state index >= 15 is 0 Å². The number of benzene rings is 1. The first kappa shape index (κ1) is 12.9. The van der Waals surface area contributed by atoms with E-state index in [4.69, 9.17) is 4.43 Å². The van der Waals surface area contributed by atoms with Crippen LogP contribution in [0, 0.1) is 0 Å². The summed E-state index contributed by atoms with van der Waals surface area (Å²) < 4.78 is 6.33. The lowest BCUT2D eigenvalue weighted by atomic mass is 10.1. The van der Waals surface area contributed by atoms with Gasteiger partial charge >= 0.3 is 0 Å². The molecule has 1 aliphatic heterocycles. The highest BCUT2D eigenvalue weighted by atomic mass is 32.2. The fraction of sp³-hybridized carbons (Fsp3) is 0.429. The van der Waals surface area contributed by atoms with Gasteiger partial charge in [0.2, 0.25) is 0 Å². The van der Waals surface area contributed by atoms with Crippen molar-refractivity contribution in [2.24, 2.45) is 0 Å². The first-order valence-corrected chi connectivity index (χ1v) is 10.4. The Hall–Kier alpha value is -0.513. The molecule has 0 bridgehead atoms. The second kappa shape index (κ2) is 5.42. The highest BCUT2D eigenvalue weighted by Gasteiger charge is 2.27. The van der Waals surface area contributed by atoms with Crippen LogP contribution in [-0.2, 0) is 4.43 Å². The zero-order valence-corrected chi connectivity index (χ0v) is 12.6. The maximum absolute atomic E-state index is 6.33. The Labute approximate surface area is 109 Å².